The van der Waals surface area contributed by atoms with Gasteiger partial charge < -0.3 is 4.90 Å². The Labute approximate surface area is 109 Å². The molecule has 1 aliphatic rings. The maximum Gasteiger partial charge on any atom is 0.00893 e. The van der Waals surface area contributed by atoms with Crippen LogP contribution in [0, 0.1) is 11.8 Å². The Morgan fingerprint density at radius 3 is 2.06 bits per heavy atom. The summed E-state index contributed by atoms with van der Waals surface area (Å²) in [4.78, 5) is 2.43. The molecule has 1 fully saturated rings. The van der Waals surface area contributed by atoms with Gasteiger partial charge in [-0.05, 0) is 51.6 Å². The topological polar surface area (TPSA) is 3.24 Å². The molecule has 1 aliphatic carbocycles. The molecule has 0 spiro atoms. The molecular weight excluding hydrogens is 206 g/mol. The third-order valence-electron chi connectivity index (χ3n) is 4.73. The summed E-state index contributed by atoms with van der Waals surface area (Å²) in [7, 11) is 4.48. The van der Waals surface area contributed by atoms with E-state index in [2.05, 4.69) is 32.8 Å². The first-order valence-electron chi connectivity index (χ1n) is 7.85. The molecule has 1 saturated carbocycles. The summed E-state index contributed by atoms with van der Waals surface area (Å²) in [5, 5.41) is 0. The summed E-state index contributed by atoms with van der Waals surface area (Å²) in [5.41, 5.74) is 0. The third kappa shape index (κ3) is 4.99. The number of unbranched alkanes of at least 4 members (excludes halogenated alkanes) is 1. The van der Waals surface area contributed by atoms with Crippen LogP contribution in [-0.4, -0.2) is 25.0 Å². The van der Waals surface area contributed by atoms with Gasteiger partial charge in [0.25, 0.3) is 0 Å². The van der Waals surface area contributed by atoms with Crippen LogP contribution in [0.2, 0.25) is 0 Å². The molecule has 1 rings (SSSR count). The minimum atomic E-state index is 0.861. The first-order valence-corrected chi connectivity index (χ1v) is 7.85. The van der Waals surface area contributed by atoms with E-state index in [4.69, 9.17) is 0 Å². The summed E-state index contributed by atoms with van der Waals surface area (Å²) >= 11 is 0. The molecule has 17 heavy (non-hydrogen) atoms. The summed E-state index contributed by atoms with van der Waals surface area (Å²) in [6.45, 7) is 4.68. The van der Waals surface area contributed by atoms with Crippen molar-refractivity contribution in [1.82, 2.24) is 4.90 Å². The summed E-state index contributed by atoms with van der Waals surface area (Å²) in [6.07, 6.45) is 13.0. The van der Waals surface area contributed by atoms with Crippen LogP contribution in [0.4, 0.5) is 0 Å². The number of hydrogen-bond acceptors (Lipinski definition) is 1. The molecule has 0 amide bonds. The van der Waals surface area contributed by atoms with Crippen LogP contribution < -0.4 is 0 Å². The van der Waals surface area contributed by atoms with Crippen molar-refractivity contribution in [3.63, 3.8) is 0 Å². The lowest BCUT2D eigenvalue weighted by Gasteiger charge is -2.36. The van der Waals surface area contributed by atoms with Gasteiger partial charge in [-0.15, -0.1) is 0 Å². The molecule has 0 aromatic heterocycles. The van der Waals surface area contributed by atoms with Gasteiger partial charge in [-0.1, -0.05) is 46.0 Å². The van der Waals surface area contributed by atoms with Crippen molar-refractivity contribution in [1.29, 1.82) is 0 Å². The predicted molar refractivity (Wildman–Crippen MR) is 77.4 cm³/mol. The Kier molecular flexibility index (Phi) is 7.18. The second-order valence-corrected chi connectivity index (χ2v) is 6.22. The van der Waals surface area contributed by atoms with E-state index in [1.807, 2.05) is 0 Å². The Hall–Kier alpha value is -0.0400. The van der Waals surface area contributed by atoms with Crippen LogP contribution in [0.3, 0.4) is 0 Å². The molecular formula is C16H33N. The van der Waals surface area contributed by atoms with Crippen LogP contribution in [-0.2, 0) is 0 Å². The maximum atomic E-state index is 2.43. The standard InChI is InChI=1S/C16H33N/c1-5-7-9-14(8-6-2)15-10-12-16(13-11-15)17(3)4/h14-16H,5-13H2,1-4H3/t14?,15-,16-. The Morgan fingerprint density at radius 2 is 1.59 bits per heavy atom. The largest absolute Gasteiger partial charge is 0.306 e. The van der Waals surface area contributed by atoms with Crippen molar-refractivity contribution < 1.29 is 0 Å². The Balaban J connectivity index is 2.37. The predicted octanol–water partition coefficient (Wildman–Crippen LogP) is 4.71. The van der Waals surface area contributed by atoms with Crippen molar-refractivity contribution in [2.45, 2.75) is 77.7 Å². The lowest BCUT2D eigenvalue weighted by molar-refractivity contribution is 0.148. The SMILES string of the molecule is CCCCC(CCC)[C@H]1CC[C@H](N(C)C)CC1. The van der Waals surface area contributed by atoms with E-state index < -0.39 is 0 Å². The summed E-state index contributed by atoms with van der Waals surface area (Å²) in [5.74, 6) is 2.07. The Morgan fingerprint density at radius 1 is 0.941 bits per heavy atom. The molecule has 0 bridgehead atoms. The van der Waals surface area contributed by atoms with Gasteiger partial charge in [0.05, 0.1) is 0 Å². The molecule has 0 saturated heterocycles. The van der Waals surface area contributed by atoms with Gasteiger partial charge in [-0.3, -0.25) is 0 Å². The summed E-state index contributed by atoms with van der Waals surface area (Å²) < 4.78 is 0. The van der Waals surface area contributed by atoms with E-state index in [1.165, 1.54) is 57.8 Å². The highest BCUT2D eigenvalue weighted by atomic mass is 15.1. The average Bonchev–Trinajstić information content (AvgIpc) is 2.34. The highest BCUT2D eigenvalue weighted by molar-refractivity contribution is 4.80. The molecule has 0 heterocycles. The van der Waals surface area contributed by atoms with Crippen LogP contribution >= 0.6 is 0 Å². The maximum absolute atomic E-state index is 2.43. The van der Waals surface area contributed by atoms with Gasteiger partial charge in [0.2, 0.25) is 0 Å². The van der Waals surface area contributed by atoms with E-state index in [0.717, 1.165) is 17.9 Å². The van der Waals surface area contributed by atoms with Crippen molar-refractivity contribution in [3.8, 4) is 0 Å². The second-order valence-electron chi connectivity index (χ2n) is 6.22. The van der Waals surface area contributed by atoms with Gasteiger partial charge in [-0.25, -0.2) is 0 Å². The van der Waals surface area contributed by atoms with E-state index in [9.17, 15) is 0 Å². The number of nitrogens with zero attached hydrogens (tertiary/aromatic N) is 1. The van der Waals surface area contributed by atoms with E-state index in [1.54, 1.807) is 0 Å². The fraction of sp³-hybridized carbons (Fsp3) is 1.00. The van der Waals surface area contributed by atoms with Gasteiger partial charge in [0, 0.05) is 6.04 Å². The molecule has 1 atom stereocenters. The van der Waals surface area contributed by atoms with E-state index in [0.29, 0.717) is 0 Å². The van der Waals surface area contributed by atoms with Crippen molar-refractivity contribution >= 4 is 0 Å². The van der Waals surface area contributed by atoms with E-state index in [-0.39, 0.29) is 0 Å². The van der Waals surface area contributed by atoms with Crippen molar-refractivity contribution in [2.24, 2.45) is 11.8 Å². The quantitative estimate of drug-likeness (QED) is 0.622. The smallest absolute Gasteiger partial charge is 0.00893 e. The lowest BCUT2D eigenvalue weighted by Crippen LogP contribution is -2.33. The number of hydrogen-bond donors (Lipinski definition) is 0. The minimum Gasteiger partial charge on any atom is -0.306 e. The summed E-state index contributed by atoms with van der Waals surface area (Å²) in [6, 6.07) is 0.861. The third-order valence-corrected chi connectivity index (χ3v) is 4.73. The van der Waals surface area contributed by atoms with Crippen LogP contribution in [0.1, 0.15) is 71.6 Å². The molecule has 0 N–H and O–H groups in total. The molecule has 1 unspecified atom stereocenters. The van der Waals surface area contributed by atoms with Crippen molar-refractivity contribution in [3.05, 3.63) is 0 Å². The molecule has 0 aliphatic heterocycles. The first kappa shape index (κ1) is 15.0. The van der Waals surface area contributed by atoms with E-state index >= 15 is 0 Å². The molecule has 0 aromatic rings. The molecule has 102 valence electrons. The fourth-order valence-corrected chi connectivity index (χ4v) is 3.54. The average molecular weight is 239 g/mol. The zero-order valence-corrected chi connectivity index (χ0v) is 12.5. The van der Waals surface area contributed by atoms with Gasteiger partial charge in [0.15, 0.2) is 0 Å². The molecule has 0 aromatic carbocycles. The molecule has 1 nitrogen and oxygen atoms in total. The first-order chi connectivity index (χ1) is 8.19. The van der Waals surface area contributed by atoms with Crippen LogP contribution in [0.25, 0.3) is 0 Å². The van der Waals surface area contributed by atoms with Crippen LogP contribution in [0.15, 0.2) is 0 Å². The highest BCUT2D eigenvalue weighted by Gasteiger charge is 2.27. The fourth-order valence-electron chi connectivity index (χ4n) is 3.54. The normalized spacial score (nSPS) is 27.4. The Bertz CT molecular complexity index is 180. The van der Waals surface area contributed by atoms with Gasteiger partial charge in [0.1, 0.15) is 0 Å². The minimum absolute atomic E-state index is 0.861. The zero-order chi connectivity index (χ0) is 12.7. The van der Waals surface area contributed by atoms with Crippen molar-refractivity contribution in [2.75, 3.05) is 14.1 Å². The van der Waals surface area contributed by atoms with Gasteiger partial charge in [-0.2, -0.15) is 0 Å². The zero-order valence-electron chi connectivity index (χ0n) is 12.5. The second kappa shape index (κ2) is 8.13. The van der Waals surface area contributed by atoms with Gasteiger partial charge >= 0.3 is 0 Å². The lowest BCUT2D eigenvalue weighted by atomic mass is 9.74. The van der Waals surface area contributed by atoms with Crippen LogP contribution in [0.5, 0.6) is 0 Å². The molecule has 0 radical (unpaired) electrons. The number of rotatable bonds is 7. The highest BCUT2D eigenvalue weighted by Crippen LogP contribution is 2.36. The molecule has 1 heteroatoms. The monoisotopic (exact) mass is 239 g/mol.